The predicted octanol–water partition coefficient (Wildman–Crippen LogP) is 2.64. The number of fused-ring (bicyclic) bond motifs is 1. The third kappa shape index (κ3) is 4.49. The molecule has 10 heteroatoms. The molecule has 0 saturated heterocycles. The van der Waals surface area contributed by atoms with Crippen LogP contribution in [0.2, 0.25) is 5.02 Å². The minimum atomic E-state index is -0.773. The molecule has 2 heterocycles. The second kappa shape index (κ2) is 9.05. The Morgan fingerprint density at radius 1 is 1.16 bits per heavy atom. The van der Waals surface area contributed by atoms with Crippen molar-refractivity contribution in [2.75, 3.05) is 6.61 Å². The highest BCUT2D eigenvalue weighted by Gasteiger charge is 2.23. The van der Waals surface area contributed by atoms with Gasteiger partial charge in [-0.05, 0) is 28.8 Å². The molecule has 0 aliphatic carbocycles. The lowest BCUT2D eigenvalue weighted by molar-refractivity contribution is -0.134. The average Bonchev–Trinajstić information content (AvgIpc) is 3.20. The standard InChI is InChI=1S/C22H18ClF2N3O4/c23-20-21(32-11-15-3-4-17(24)6-18(15)25)26-12-28(22(20)31)7-13-1-2-14-8-27(19(30)10-29)9-16(14)5-13/h1-6,12,29H,7-11H2. The van der Waals surface area contributed by atoms with E-state index in [1.165, 1.54) is 17.0 Å². The van der Waals surface area contributed by atoms with Gasteiger partial charge in [-0.2, -0.15) is 0 Å². The molecular formula is C22H18ClF2N3O4. The quantitative estimate of drug-likeness (QED) is 0.610. The zero-order chi connectivity index (χ0) is 22.8. The highest BCUT2D eigenvalue weighted by molar-refractivity contribution is 6.31. The van der Waals surface area contributed by atoms with E-state index in [-0.39, 0.29) is 35.5 Å². The summed E-state index contributed by atoms with van der Waals surface area (Å²) in [5.41, 5.74) is 2.30. The zero-order valence-corrected chi connectivity index (χ0v) is 17.5. The largest absolute Gasteiger partial charge is 0.471 e. The van der Waals surface area contributed by atoms with Gasteiger partial charge in [-0.1, -0.05) is 29.8 Å². The summed E-state index contributed by atoms with van der Waals surface area (Å²) >= 11 is 6.12. The first-order valence-electron chi connectivity index (χ1n) is 9.66. The maximum atomic E-state index is 13.7. The summed E-state index contributed by atoms with van der Waals surface area (Å²) in [5, 5.41) is 8.78. The van der Waals surface area contributed by atoms with Crippen molar-refractivity contribution in [3.63, 3.8) is 0 Å². The maximum absolute atomic E-state index is 13.7. The fraction of sp³-hybridized carbons (Fsp3) is 0.227. The number of ether oxygens (including phenoxy) is 1. The van der Waals surface area contributed by atoms with E-state index >= 15 is 0 Å². The van der Waals surface area contributed by atoms with Crippen LogP contribution in [0.1, 0.15) is 22.3 Å². The third-order valence-corrected chi connectivity index (χ3v) is 5.49. The monoisotopic (exact) mass is 461 g/mol. The average molecular weight is 462 g/mol. The van der Waals surface area contributed by atoms with Crippen LogP contribution in [0.3, 0.4) is 0 Å². The number of hydrogen-bond acceptors (Lipinski definition) is 5. The van der Waals surface area contributed by atoms with Gasteiger partial charge in [-0.3, -0.25) is 14.2 Å². The Hall–Kier alpha value is -3.30. The van der Waals surface area contributed by atoms with Gasteiger partial charge < -0.3 is 14.7 Å². The Balaban J connectivity index is 1.47. The van der Waals surface area contributed by atoms with E-state index in [4.69, 9.17) is 21.4 Å². The fourth-order valence-corrected chi connectivity index (χ4v) is 3.68. The molecule has 0 spiro atoms. The van der Waals surface area contributed by atoms with E-state index in [9.17, 15) is 18.4 Å². The lowest BCUT2D eigenvalue weighted by Gasteiger charge is -2.12. The molecule has 32 heavy (non-hydrogen) atoms. The molecular weight excluding hydrogens is 444 g/mol. The number of nitrogens with zero attached hydrogens (tertiary/aromatic N) is 3. The molecule has 4 rings (SSSR count). The Kier molecular flexibility index (Phi) is 6.20. The van der Waals surface area contributed by atoms with Gasteiger partial charge in [0.15, 0.2) is 5.02 Å². The smallest absolute Gasteiger partial charge is 0.276 e. The molecule has 0 radical (unpaired) electrons. The van der Waals surface area contributed by atoms with Crippen LogP contribution in [0.4, 0.5) is 8.78 Å². The molecule has 0 unspecified atom stereocenters. The molecule has 1 N–H and O–H groups in total. The minimum Gasteiger partial charge on any atom is -0.471 e. The highest BCUT2D eigenvalue weighted by Crippen LogP contribution is 2.24. The summed E-state index contributed by atoms with van der Waals surface area (Å²) in [6, 6.07) is 8.69. The number of benzene rings is 2. The number of carbonyl (C=O) groups is 1. The van der Waals surface area contributed by atoms with E-state index in [1.807, 2.05) is 18.2 Å². The van der Waals surface area contributed by atoms with Gasteiger partial charge in [0, 0.05) is 24.7 Å². The van der Waals surface area contributed by atoms with Crippen LogP contribution < -0.4 is 10.3 Å². The Morgan fingerprint density at radius 3 is 2.69 bits per heavy atom. The number of aromatic nitrogens is 2. The summed E-state index contributed by atoms with van der Waals surface area (Å²) in [6.45, 7) is 0.213. The van der Waals surface area contributed by atoms with Gasteiger partial charge in [0.25, 0.3) is 5.56 Å². The topological polar surface area (TPSA) is 84.7 Å². The number of rotatable bonds is 6. The van der Waals surface area contributed by atoms with Gasteiger partial charge in [0.05, 0.1) is 6.54 Å². The van der Waals surface area contributed by atoms with E-state index in [1.54, 1.807) is 4.90 Å². The zero-order valence-electron chi connectivity index (χ0n) is 16.7. The van der Waals surface area contributed by atoms with E-state index in [2.05, 4.69) is 4.98 Å². The molecule has 1 aliphatic rings. The number of aliphatic hydroxyl groups is 1. The first kappa shape index (κ1) is 21.9. The second-order valence-electron chi connectivity index (χ2n) is 7.33. The van der Waals surface area contributed by atoms with Gasteiger partial charge in [-0.25, -0.2) is 13.8 Å². The van der Waals surface area contributed by atoms with Crippen LogP contribution in [0.15, 0.2) is 47.5 Å². The lowest BCUT2D eigenvalue weighted by atomic mass is 10.1. The van der Waals surface area contributed by atoms with Crippen molar-refractivity contribution in [3.8, 4) is 5.88 Å². The van der Waals surface area contributed by atoms with Gasteiger partial charge in [-0.15, -0.1) is 0 Å². The number of hydrogen-bond donors (Lipinski definition) is 1. The van der Waals surface area contributed by atoms with Crippen molar-refractivity contribution in [2.45, 2.75) is 26.2 Å². The van der Waals surface area contributed by atoms with E-state index < -0.39 is 23.8 Å². The van der Waals surface area contributed by atoms with Crippen LogP contribution in [-0.4, -0.2) is 32.1 Å². The van der Waals surface area contributed by atoms with Gasteiger partial charge in [0.1, 0.15) is 31.2 Å². The molecule has 166 valence electrons. The summed E-state index contributed by atoms with van der Waals surface area (Å²) < 4.78 is 33.4. The van der Waals surface area contributed by atoms with Gasteiger partial charge >= 0.3 is 0 Å². The lowest BCUT2D eigenvalue weighted by Crippen LogP contribution is -2.27. The van der Waals surface area contributed by atoms with Crippen molar-refractivity contribution in [2.24, 2.45) is 0 Å². The molecule has 0 bridgehead atoms. The van der Waals surface area contributed by atoms with Crippen molar-refractivity contribution in [1.82, 2.24) is 14.5 Å². The number of halogens is 3. The highest BCUT2D eigenvalue weighted by atomic mass is 35.5. The van der Waals surface area contributed by atoms with Crippen molar-refractivity contribution in [3.05, 3.63) is 92.0 Å². The fourth-order valence-electron chi connectivity index (χ4n) is 3.47. The molecule has 2 aromatic carbocycles. The summed E-state index contributed by atoms with van der Waals surface area (Å²) in [5.74, 6) is -1.97. The molecule has 0 fully saturated rings. The second-order valence-corrected chi connectivity index (χ2v) is 7.71. The maximum Gasteiger partial charge on any atom is 0.276 e. The summed E-state index contributed by atoms with van der Waals surface area (Å²) in [7, 11) is 0. The number of carbonyl (C=O) groups excluding carboxylic acids is 1. The summed E-state index contributed by atoms with van der Waals surface area (Å²) in [4.78, 5) is 29.9. The van der Waals surface area contributed by atoms with E-state index in [0.29, 0.717) is 13.1 Å². The third-order valence-electron chi connectivity index (χ3n) is 5.16. The van der Waals surface area contributed by atoms with Crippen molar-refractivity contribution < 1.29 is 23.4 Å². The summed E-state index contributed by atoms with van der Waals surface area (Å²) in [6.07, 6.45) is 1.28. The molecule has 3 aromatic rings. The molecule has 0 saturated carbocycles. The number of amides is 1. The Bertz CT molecular complexity index is 1250. The SMILES string of the molecule is O=C(CO)N1Cc2ccc(Cn3cnc(OCc4ccc(F)cc4F)c(Cl)c3=O)cc2C1. The van der Waals surface area contributed by atoms with Crippen LogP contribution in [-0.2, 0) is 31.0 Å². The first-order chi connectivity index (χ1) is 15.4. The molecule has 1 aromatic heterocycles. The molecule has 1 amide bonds. The number of aliphatic hydroxyl groups excluding tert-OH is 1. The predicted molar refractivity (Wildman–Crippen MR) is 111 cm³/mol. The molecule has 7 nitrogen and oxygen atoms in total. The molecule has 0 atom stereocenters. The van der Waals surface area contributed by atoms with Gasteiger partial charge in [0.2, 0.25) is 11.8 Å². The molecule has 1 aliphatic heterocycles. The van der Waals surface area contributed by atoms with Crippen molar-refractivity contribution in [1.29, 1.82) is 0 Å². The van der Waals surface area contributed by atoms with E-state index in [0.717, 1.165) is 28.8 Å². The Morgan fingerprint density at radius 2 is 1.94 bits per heavy atom. The minimum absolute atomic E-state index is 0.0975. The van der Waals surface area contributed by atoms with Crippen LogP contribution >= 0.6 is 11.6 Å². The van der Waals surface area contributed by atoms with Crippen LogP contribution in [0, 0.1) is 11.6 Å². The van der Waals surface area contributed by atoms with Crippen LogP contribution in [0.5, 0.6) is 5.88 Å². The first-order valence-corrected chi connectivity index (χ1v) is 10.0. The van der Waals surface area contributed by atoms with Crippen molar-refractivity contribution >= 4 is 17.5 Å². The normalized spacial score (nSPS) is 12.7. The Labute approximate surface area is 186 Å². The van der Waals surface area contributed by atoms with Crippen LogP contribution in [0.25, 0.3) is 0 Å².